The summed E-state index contributed by atoms with van der Waals surface area (Å²) in [6.45, 7) is 2.27. The molecule has 4 aromatic rings. The van der Waals surface area contributed by atoms with Crippen LogP contribution in [0.4, 0.5) is 0 Å². The molecule has 31 heavy (non-hydrogen) atoms. The van der Waals surface area contributed by atoms with Crippen LogP contribution >= 0.6 is 0 Å². The molecule has 156 valence electrons. The molecule has 0 aliphatic heterocycles. The molecular formula is C24H22N4O3. The highest BCUT2D eigenvalue weighted by atomic mass is 16.5. The molecule has 7 nitrogen and oxygen atoms in total. The van der Waals surface area contributed by atoms with Crippen molar-refractivity contribution >= 4 is 23.2 Å². The zero-order valence-corrected chi connectivity index (χ0v) is 17.0. The molecule has 0 aliphatic carbocycles. The van der Waals surface area contributed by atoms with Crippen LogP contribution in [0.15, 0.2) is 71.8 Å². The van der Waals surface area contributed by atoms with Crippen molar-refractivity contribution in [1.82, 2.24) is 15.4 Å². The Labute approximate surface area is 179 Å². The van der Waals surface area contributed by atoms with Crippen LogP contribution in [0.25, 0.3) is 11.0 Å². The van der Waals surface area contributed by atoms with Gasteiger partial charge in [-0.15, -0.1) is 0 Å². The summed E-state index contributed by atoms with van der Waals surface area (Å²) in [6, 6.07) is 20.2. The summed E-state index contributed by atoms with van der Waals surface area (Å²) in [5, 5.41) is 13.8. The number of aromatic hydroxyl groups is 1. The Bertz CT molecular complexity index is 1230. The van der Waals surface area contributed by atoms with Crippen molar-refractivity contribution < 1.29 is 14.6 Å². The van der Waals surface area contributed by atoms with Gasteiger partial charge in [-0.25, -0.2) is 10.4 Å². The summed E-state index contributed by atoms with van der Waals surface area (Å²) in [6.07, 6.45) is 2.18. The van der Waals surface area contributed by atoms with Crippen molar-refractivity contribution in [3.63, 3.8) is 0 Å². The minimum Gasteiger partial charge on any atom is -0.504 e. The van der Waals surface area contributed by atoms with Gasteiger partial charge in [0.15, 0.2) is 11.5 Å². The van der Waals surface area contributed by atoms with E-state index in [0.717, 1.165) is 22.4 Å². The zero-order chi connectivity index (χ0) is 21.6. The number of benzene rings is 3. The number of phenolic OH excluding ortho intramolecular Hbond substituents is 1. The van der Waals surface area contributed by atoms with Gasteiger partial charge in [0.05, 0.1) is 23.9 Å². The lowest BCUT2D eigenvalue weighted by molar-refractivity contribution is 0.0955. The molecule has 4 rings (SSSR count). The van der Waals surface area contributed by atoms with Crippen LogP contribution in [-0.2, 0) is 6.42 Å². The Morgan fingerprint density at radius 3 is 2.81 bits per heavy atom. The molecule has 1 aromatic heterocycles. The number of phenols is 1. The third kappa shape index (κ3) is 4.90. The van der Waals surface area contributed by atoms with Gasteiger partial charge in [0.1, 0.15) is 5.82 Å². The summed E-state index contributed by atoms with van der Waals surface area (Å²) in [4.78, 5) is 20.3. The molecule has 0 spiro atoms. The third-order valence-electron chi connectivity index (χ3n) is 4.67. The Kier molecular flexibility index (Phi) is 5.93. The first-order chi connectivity index (χ1) is 15.1. The zero-order valence-electron chi connectivity index (χ0n) is 17.0. The number of aromatic nitrogens is 2. The second-order valence-electron chi connectivity index (χ2n) is 6.94. The number of aromatic amines is 1. The summed E-state index contributed by atoms with van der Waals surface area (Å²) in [7, 11) is 0. The van der Waals surface area contributed by atoms with Crippen LogP contribution in [0.3, 0.4) is 0 Å². The Morgan fingerprint density at radius 2 is 2.00 bits per heavy atom. The van der Waals surface area contributed by atoms with Crippen LogP contribution in [0.5, 0.6) is 11.5 Å². The van der Waals surface area contributed by atoms with E-state index >= 15 is 0 Å². The molecule has 0 aliphatic rings. The number of ether oxygens (including phenoxy) is 1. The van der Waals surface area contributed by atoms with Crippen molar-refractivity contribution in [2.45, 2.75) is 13.3 Å². The normalized spacial score (nSPS) is 11.1. The Morgan fingerprint density at radius 1 is 1.16 bits per heavy atom. The van der Waals surface area contributed by atoms with E-state index in [9.17, 15) is 9.90 Å². The fraction of sp³-hybridized carbons (Fsp3) is 0.125. The average molecular weight is 414 g/mol. The van der Waals surface area contributed by atoms with Gasteiger partial charge in [-0.3, -0.25) is 4.79 Å². The highest BCUT2D eigenvalue weighted by molar-refractivity contribution is 5.97. The lowest BCUT2D eigenvalue weighted by Gasteiger charge is -2.06. The molecule has 0 fully saturated rings. The van der Waals surface area contributed by atoms with E-state index in [4.69, 9.17) is 4.74 Å². The largest absolute Gasteiger partial charge is 0.504 e. The van der Waals surface area contributed by atoms with Gasteiger partial charge in [-0.1, -0.05) is 30.3 Å². The first-order valence-corrected chi connectivity index (χ1v) is 9.94. The van der Waals surface area contributed by atoms with Crippen LogP contribution in [-0.4, -0.2) is 33.8 Å². The number of hydrazone groups is 1. The van der Waals surface area contributed by atoms with Crippen molar-refractivity contribution in [1.29, 1.82) is 0 Å². The van der Waals surface area contributed by atoms with Gasteiger partial charge < -0.3 is 14.8 Å². The van der Waals surface area contributed by atoms with Gasteiger partial charge >= 0.3 is 0 Å². The predicted octanol–water partition coefficient (Wildman–Crippen LogP) is 4.02. The van der Waals surface area contributed by atoms with Crippen LogP contribution in [0, 0.1) is 0 Å². The minimum absolute atomic E-state index is 0.0579. The third-order valence-corrected chi connectivity index (χ3v) is 4.67. The average Bonchev–Trinajstić information content (AvgIpc) is 3.18. The van der Waals surface area contributed by atoms with Crippen molar-refractivity contribution in [2.75, 3.05) is 6.61 Å². The van der Waals surface area contributed by atoms with Gasteiger partial charge in [0.25, 0.3) is 5.91 Å². The van der Waals surface area contributed by atoms with Gasteiger partial charge in [0, 0.05) is 12.0 Å². The minimum atomic E-state index is -0.332. The molecule has 0 bridgehead atoms. The monoisotopic (exact) mass is 414 g/mol. The maximum absolute atomic E-state index is 12.5. The summed E-state index contributed by atoms with van der Waals surface area (Å²) in [5.74, 6) is 0.937. The van der Waals surface area contributed by atoms with E-state index in [0.29, 0.717) is 29.9 Å². The smallest absolute Gasteiger partial charge is 0.271 e. The van der Waals surface area contributed by atoms with E-state index in [2.05, 4.69) is 32.6 Å². The molecule has 0 radical (unpaired) electrons. The number of carbonyl (C=O) groups is 1. The fourth-order valence-electron chi connectivity index (χ4n) is 3.19. The second-order valence-corrected chi connectivity index (χ2v) is 6.94. The van der Waals surface area contributed by atoms with Gasteiger partial charge in [-0.2, -0.15) is 5.10 Å². The highest BCUT2D eigenvalue weighted by Crippen LogP contribution is 2.26. The number of nitrogens with zero attached hydrogens (tertiary/aromatic N) is 2. The molecular weight excluding hydrogens is 392 g/mol. The number of hydrogen-bond acceptors (Lipinski definition) is 5. The number of H-pyrrole nitrogens is 1. The topological polar surface area (TPSA) is 99.6 Å². The van der Waals surface area contributed by atoms with E-state index in [1.54, 1.807) is 24.3 Å². The maximum Gasteiger partial charge on any atom is 0.271 e. The number of imidazole rings is 1. The fourth-order valence-corrected chi connectivity index (χ4v) is 3.19. The molecule has 1 heterocycles. The molecule has 1 amide bonds. The lowest BCUT2D eigenvalue weighted by atomic mass is 10.1. The quantitative estimate of drug-likeness (QED) is 0.314. The Hall–Kier alpha value is -4.13. The first-order valence-electron chi connectivity index (χ1n) is 9.94. The molecule has 0 saturated carbocycles. The summed E-state index contributed by atoms with van der Waals surface area (Å²) >= 11 is 0. The van der Waals surface area contributed by atoms with Crippen molar-refractivity contribution in [2.24, 2.45) is 5.10 Å². The number of carbonyl (C=O) groups excluding carboxylic acids is 1. The number of hydrogen-bond donors (Lipinski definition) is 3. The molecule has 0 atom stereocenters. The number of rotatable bonds is 7. The number of fused-ring (bicyclic) bond motifs is 1. The first kappa shape index (κ1) is 20.2. The van der Waals surface area contributed by atoms with Crippen LogP contribution in [0.2, 0.25) is 0 Å². The predicted molar refractivity (Wildman–Crippen MR) is 120 cm³/mol. The number of nitrogens with one attached hydrogen (secondary N) is 2. The van der Waals surface area contributed by atoms with Crippen LogP contribution < -0.4 is 10.2 Å². The Balaban J connectivity index is 1.44. The molecule has 3 aromatic carbocycles. The van der Waals surface area contributed by atoms with E-state index in [-0.39, 0.29) is 11.7 Å². The standard InChI is InChI=1S/C24H22N4O3/c1-2-31-22-12-17(8-11-21(22)29)15-25-28-24(30)18-9-10-19-20(14-18)27-23(26-19)13-16-6-4-3-5-7-16/h3-12,14-15,29H,2,13H2,1H3,(H,26,27)(H,28,30)/b25-15-. The van der Waals surface area contributed by atoms with Crippen molar-refractivity contribution in [3.05, 3.63) is 89.2 Å². The van der Waals surface area contributed by atoms with E-state index in [1.807, 2.05) is 31.2 Å². The molecule has 3 N–H and O–H groups in total. The van der Waals surface area contributed by atoms with Crippen LogP contribution in [0.1, 0.15) is 34.2 Å². The van der Waals surface area contributed by atoms with E-state index < -0.39 is 0 Å². The lowest BCUT2D eigenvalue weighted by Crippen LogP contribution is -2.17. The maximum atomic E-state index is 12.5. The van der Waals surface area contributed by atoms with Gasteiger partial charge in [-0.05, 0) is 54.4 Å². The van der Waals surface area contributed by atoms with Crippen molar-refractivity contribution in [3.8, 4) is 11.5 Å². The number of amides is 1. The summed E-state index contributed by atoms with van der Waals surface area (Å²) in [5.41, 5.74) is 6.44. The highest BCUT2D eigenvalue weighted by Gasteiger charge is 2.09. The molecule has 7 heteroatoms. The summed E-state index contributed by atoms with van der Waals surface area (Å²) < 4.78 is 5.35. The second kappa shape index (κ2) is 9.13. The molecule has 0 saturated heterocycles. The van der Waals surface area contributed by atoms with E-state index in [1.165, 1.54) is 12.3 Å². The van der Waals surface area contributed by atoms with Gasteiger partial charge in [0.2, 0.25) is 0 Å². The SMILES string of the molecule is CCOc1cc(/C=N\NC(=O)c2ccc3nc(Cc4ccccc4)[nH]c3c2)ccc1O. The molecule has 0 unspecified atom stereocenters.